The lowest BCUT2D eigenvalue weighted by Gasteiger charge is -2.07. The minimum atomic E-state index is -0.197. The lowest BCUT2D eigenvalue weighted by molar-refractivity contribution is -0.145. The van der Waals surface area contributed by atoms with E-state index in [0.717, 1.165) is 0 Å². The summed E-state index contributed by atoms with van der Waals surface area (Å²) >= 11 is 0. The zero-order chi connectivity index (χ0) is 7.98. The van der Waals surface area contributed by atoms with Crippen LogP contribution in [0.25, 0.3) is 0 Å². The molecule has 0 saturated heterocycles. The number of esters is 1. The second-order valence-corrected chi connectivity index (χ2v) is 2.06. The largest absolute Gasteiger partial charge is 0.466 e. The molecule has 0 radical (unpaired) electrons. The van der Waals surface area contributed by atoms with Crippen molar-refractivity contribution in [3.05, 3.63) is 0 Å². The third-order valence-electron chi connectivity index (χ3n) is 1.16. The van der Waals surface area contributed by atoms with Gasteiger partial charge in [0.05, 0.1) is 19.1 Å². The lowest BCUT2D eigenvalue weighted by atomic mass is 10.3. The Bertz CT molecular complexity index is 101. The van der Waals surface area contributed by atoms with E-state index < -0.39 is 0 Å². The van der Waals surface area contributed by atoms with Crippen LogP contribution in [0.5, 0.6) is 0 Å². The van der Waals surface area contributed by atoms with Crippen LogP contribution in [0.1, 0.15) is 20.3 Å². The van der Waals surface area contributed by atoms with E-state index in [4.69, 9.17) is 9.47 Å². The number of hydrogen-bond donors (Lipinski definition) is 0. The normalized spacial score (nSPS) is 12.7. The summed E-state index contributed by atoms with van der Waals surface area (Å²) in [6, 6.07) is 0. The maximum absolute atomic E-state index is 10.7. The number of ether oxygens (including phenoxy) is 2. The fourth-order valence-corrected chi connectivity index (χ4v) is 0.538. The van der Waals surface area contributed by atoms with E-state index >= 15 is 0 Å². The van der Waals surface area contributed by atoms with E-state index in [2.05, 4.69) is 0 Å². The Kier molecular flexibility index (Phi) is 4.94. The maximum Gasteiger partial charge on any atom is 0.308 e. The van der Waals surface area contributed by atoms with Gasteiger partial charge in [0.25, 0.3) is 0 Å². The molecule has 0 N–H and O–H groups in total. The van der Waals surface area contributed by atoms with Crippen LogP contribution in [-0.2, 0) is 14.3 Å². The third-order valence-corrected chi connectivity index (χ3v) is 1.16. The average molecular weight is 146 g/mol. The van der Waals surface area contributed by atoms with E-state index in [9.17, 15) is 4.79 Å². The first-order valence-electron chi connectivity index (χ1n) is 3.39. The van der Waals surface area contributed by atoms with Crippen molar-refractivity contribution in [1.29, 1.82) is 0 Å². The Morgan fingerprint density at radius 3 is 2.60 bits per heavy atom. The zero-order valence-electron chi connectivity index (χ0n) is 6.72. The van der Waals surface area contributed by atoms with Crippen LogP contribution in [-0.4, -0.2) is 25.8 Å². The third kappa shape index (κ3) is 4.32. The summed E-state index contributed by atoms with van der Waals surface area (Å²) in [5.41, 5.74) is 0. The highest BCUT2D eigenvalue weighted by Crippen LogP contribution is 1.96. The van der Waals surface area contributed by atoms with Crippen LogP contribution >= 0.6 is 0 Å². The minimum Gasteiger partial charge on any atom is -0.466 e. The SMILES string of the molecule is CCOC(=O)C[C@H](C)OC. The molecule has 0 aliphatic rings. The van der Waals surface area contributed by atoms with Gasteiger partial charge in [0.15, 0.2) is 0 Å². The van der Waals surface area contributed by atoms with Crippen molar-refractivity contribution in [1.82, 2.24) is 0 Å². The first-order chi connectivity index (χ1) is 4.70. The van der Waals surface area contributed by atoms with Crippen molar-refractivity contribution in [2.24, 2.45) is 0 Å². The molecule has 0 aromatic carbocycles. The molecule has 0 aromatic rings. The molecule has 0 aromatic heterocycles. The van der Waals surface area contributed by atoms with Crippen molar-refractivity contribution in [2.75, 3.05) is 13.7 Å². The van der Waals surface area contributed by atoms with E-state index in [1.54, 1.807) is 14.0 Å². The second-order valence-electron chi connectivity index (χ2n) is 2.06. The molecular formula is C7H14O3. The van der Waals surface area contributed by atoms with Crippen LogP contribution in [0.3, 0.4) is 0 Å². The average Bonchev–Trinajstić information content (AvgIpc) is 1.88. The number of rotatable bonds is 4. The molecule has 1 atom stereocenters. The number of carbonyl (C=O) groups is 1. The van der Waals surface area contributed by atoms with E-state index in [-0.39, 0.29) is 12.1 Å². The number of carbonyl (C=O) groups excluding carboxylic acids is 1. The van der Waals surface area contributed by atoms with Crippen molar-refractivity contribution < 1.29 is 14.3 Å². The van der Waals surface area contributed by atoms with Gasteiger partial charge in [-0.3, -0.25) is 4.79 Å². The summed E-state index contributed by atoms with van der Waals surface area (Å²) in [7, 11) is 1.57. The molecule has 0 bridgehead atoms. The first-order valence-corrected chi connectivity index (χ1v) is 3.39. The van der Waals surface area contributed by atoms with Crippen LogP contribution in [0, 0.1) is 0 Å². The molecule has 0 saturated carbocycles. The molecule has 60 valence electrons. The highest BCUT2D eigenvalue weighted by molar-refractivity contribution is 5.69. The minimum absolute atomic E-state index is 0.0425. The molecule has 3 heteroatoms. The summed E-state index contributed by atoms with van der Waals surface area (Å²) in [5, 5.41) is 0. The number of hydrogen-bond acceptors (Lipinski definition) is 3. The lowest BCUT2D eigenvalue weighted by Crippen LogP contribution is -2.14. The predicted molar refractivity (Wildman–Crippen MR) is 37.7 cm³/mol. The van der Waals surface area contributed by atoms with E-state index in [0.29, 0.717) is 13.0 Å². The zero-order valence-corrected chi connectivity index (χ0v) is 6.72. The Labute approximate surface area is 61.3 Å². The standard InChI is InChI=1S/C7H14O3/c1-4-10-7(8)5-6(2)9-3/h6H,4-5H2,1-3H3/t6-/m0/s1. The first kappa shape index (κ1) is 9.43. The quantitative estimate of drug-likeness (QED) is 0.554. The molecule has 0 aliphatic carbocycles. The van der Waals surface area contributed by atoms with Crippen molar-refractivity contribution in [2.45, 2.75) is 26.4 Å². The fourth-order valence-electron chi connectivity index (χ4n) is 0.538. The van der Waals surface area contributed by atoms with E-state index in [1.807, 2.05) is 6.92 Å². The fraction of sp³-hybridized carbons (Fsp3) is 0.857. The van der Waals surface area contributed by atoms with Gasteiger partial charge in [-0.15, -0.1) is 0 Å². The molecule has 0 aliphatic heterocycles. The highest BCUT2D eigenvalue weighted by Gasteiger charge is 2.07. The summed E-state index contributed by atoms with van der Waals surface area (Å²) in [5.74, 6) is -0.197. The predicted octanol–water partition coefficient (Wildman–Crippen LogP) is 0.975. The van der Waals surface area contributed by atoms with Crippen LogP contribution in [0.15, 0.2) is 0 Å². The Morgan fingerprint density at radius 2 is 2.20 bits per heavy atom. The molecule has 0 fully saturated rings. The molecule has 0 unspecified atom stereocenters. The van der Waals surface area contributed by atoms with Gasteiger partial charge in [-0.2, -0.15) is 0 Å². The van der Waals surface area contributed by atoms with Gasteiger partial charge in [-0.05, 0) is 13.8 Å². The second kappa shape index (κ2) is 5.23. The Morgan fingerprint density at radius 1 is 1.60 bits per heavy atom. The smallest absolute Gasteiger partial charge is 0.308 e. The summed E-state index contributed by atoms with van der Waals surface area (Å²) in [4.78, 5) is 10.7. The molecule has 0 rings (SSSR count). The number of methoxy groups -OCH3 is 1. The van der Waals surface area contributed by atoms with Crippen molar-refractivity contribution in [3.8, 4) is 0 Å². The Hall–Kier alpha value is -0.570. The molecule has 0 heterocycles. The van der Waals surface area contributed by atoms with Gasteiger partial charge in [0.1, 0.15) is 0 Å². The molecule has 3 nitrogen and oxygen atoms in total. The van der Waals surface area contributed by atoms with Gasteiger partial charge in [-0.1, -0.05) is 0 Å². The Balaban J connectivity index is 3.37. The van der Waals surface area contributed by atoms with Crippen molar-refractivity contribution >= 4 is 5.97 Å². The molecular weight excluding hydrogens is 132 g/mol. The summed E-state index contributed by atoms with van der Waals surface area (Å²) in [6.45, 7) is 4.06. The van der Waals surface area contributed by atoms with Gasteiger partial charge in [0, 0.05) is 7.11 Å². The van der Waals surface area contributed by atoms with Gasteiger partial charge in [-0.25, -0.2) is 0 Å². The van der Waals surface area contributed by atoms with Crippen molar-refractivity contribution in [3.63, 3.8) is 0 Å². The molecule has 0 spiro atoms. The highest BCUT2D eigenvalue weighted by atomic mass is 16.5. The van der Waals surface area contributed by atoms with E-state index in [1.165, 1.54) is 0 Å². The topological polar surface area (TPSA) is 35.5 Å². The summed E-state index contributed by atoms with van der Waals surface area (Å²) < 4.78 is 9.56. The molecule has 10 heavy (non-hydrogen) atoms. The van der Waals surface area contributed by atoms with Crippen LogP contribution in [0.4, 0.5) is 0 Å². The van der Waals surface area contributed by atoms with Gasteiger partial charge >= 0.3 is 5.97 Å². The van der Waals surface area contributed by atoms with Crippen LogP contribution < -0.4 is 0 Å². The van der Waals surface area contributed by atoms with Gasteiger partial charge < -0.3 is 9.47 Å². The van der Waals surface area contributed by atoms with Gasteiger partial charge in [0.2, 0.25) is 0 Å². The maximum atomic E-state index is 10.7. The molecule has 0 amide bonds. The van der Waals surface area contributed by atoms with Crippen LogP contribution in [0.2, 0.25) is 0 Å². The monoisotopic (exact) mass is 146 g/mol. The summed E-state index contributed by atoms with van der Waals surface area (Å²) in [6.07, 6.45) is 0.295.